The molecule has 104 valence electrons. The Morgan fingerprint density at radius 3 is 2.53 bits per heavy atom. The molecule has 0 spiro atoms. The Morgan fingerprint density at radius 2 is 2.16 bits per heavy atom. The maximum atomic E-state index is 12.2. The zero-order chi connectivity index (χ0) is 14.8. The van der Waals surface area contributed by atoms with Crippen molar-refractivity contribution in [1.82, 2.24) is 8.87 Å². The van der Waals surface area contributed by atoms with Gasteiger partial charge in [-0.15, -0.1) is 6.42 Å². The van der Waals surface area contributed by atoms with Crippen molar-refractivity contribution in [3.63, 3.8) is 0 Å². The third-order valence-electron chi connectivity index (χ3n) is 2.62. The minimum atomic E-state index is -3.76. The monoisotopic (exact) mass is 284 g/mol. The molecule has 0 bridgehead atoms. The second-order valence-electron chi connectivity index (χ2n) is 4.33. The fraction of sp³-hybridized carbons (Fsp3) is 0.417. The van der Waals surface area contributed by atoms with E-state index < -0.39 is 16.0 Å². The number of nitrogens with zero attached hydrogens (tertiary/aromatic N) is 2. The zero-order valence-electron chi connectivity index (χ0n) is 11.0. The Kier molecular flexibility index (Phi) is 4.39. The summed E-state index contributed by atoms with van der Waals surface area (Å²) in [5.41, 5.74) is -0.0670. The fourth-order valence-corrected chi connectivity index (χ4v) is 2.70. The van der Waals surface area contributed by atoms with Crippen molar-refractivity contribution in [3.8, 4) is 12.3 Å². The van der Waals surface area contributed by atoms with Gasteiger partial charge >= 0.3 is 5.97 Å². The molecule has 0 fully saturated rings. The highest BCUT2D eigenvalue weighted by molar-refractivity contribution is 7.89. The van der Waals surface area contributed by atoms with Crippen molar-refractivity contribution in [2.45, 2.75) is 24.8 Å². The predicted octanol–water partition coefficient (Wildman–Crippen LogP) is 1.02. The SMILES string of the molecule is C#CCN(C)S(=O)(=O)c1cc(C(=O)O)n(C(C)C)c1. The van der Waals surface area contributed by atoms with Crippen LogP contribution in [0.25, 0.3) is 0 Å². The van der Waals surface area contributed by atoms with E-state index in [9.17, 15) is 13.2 Å². The summed E-state index contributed by atoms with van der Waals surface area (Å²) in [6, 6.07) is 0.984. The van der Waals surface area contributed by atoms with E-state index in [2.05, 4.69) is 5.92 Å². The van der Waals surface area contributed by atoms with Gasteiger partial charge in [-0.25, -0.2) is 13.2 Å². The molecule has 0 radical (unpaired) electrons. The van der Waals surface area contributed by atoms with Crippen LogP contribution in [-0.2, 0) is 10.0 Å². The van der Waals surface area contributed by atoms with Gasteiger partial charge in [-0.2, -0.15) is 4.31 Å². The van der Waals surface area contributed by atoms with E-state index in [1.807, 2.05) is 0 Å². The van der Waals surface area contributed by atoms with Crippen LogP contribution in [0.3, 0.4) is 0 Å². The fourth-order valence-electron chi connectivity index (χ4n) is 1.59. The van der Waals surface area contributed by atoms with Gasteiger partial charge in [0.15, 0.2) is 0 Å². The van der Waals surface area contributed by atoms with Crippen LogP contribution in [0, 0.1) is 12.3 Å². The third kappa shape index (κ3) is 2.97. The summed E-state index contributed by atoms with van der Waals surface area (Å²) in [6.07, 6.45) is 6.40. The molecule has 1 rings (SSSR count). The summed E-state index contributed by atoms with van der Waals surface area (Å²) in [7, 11) is -2.41. The highest BCUT2D eigenvalue weighted by Crippen LogP contribution is 2.21. The van der Waals surface area contributed by atoms with E-state index >= 15 is 0 Å². The second kappa shape index (κ2) is 5.47. The number of aromatic nitrogens is 1. The molecule has 0 saturated heterocycles. The van der Waals surface area contributed by atoms with Crippen molar-refractivity contribution in [1.29, 1.82) is 0 Å². The summed E-state index contributed by atoms with van der Waals surface area (Å²) >= 11 is 0. The average molecular weight is 284 g/mol. The van der Waals surface area contributed by atoms with Crippen LogP contribution in [0.4, 0.5) is 0 Å². The van der Waals surface area contributed by atoms with Gasteiger partial charge < -0.3 is 9.67 Å². The molecule has 0 aliphatic carbocycles. The van der Waals surface area contributed by atoms with Crippen LogP contribution < -0.4 is 0 Å². The van der Waals surface area contributed by atoms with Crippen LogP contribution in [0.1, 0.15) is 30.4 Å². The Bertz CT molecular complexity index is 623. The van der Waals surface area contributed by atoms with Crippen molar-refractivity contribution in [3.05, 3.63) is 18.0 Å². The van der Waals surface area contributed by atoms with Gasteiger partial charge in [0.25, 0.3) is 0 Å². The number of hydrogen-bond acceptors (Lipinski definition) is 3. The average Bonchev–Trinajstić information content (AvgIpc) is 2.74. The van der Waals surface area contributed by atoms with E-state index in [1.165, 1.54) is 17.8 Å². The van der Waals surface area contributed by atoms with Crippen LogP contribution in [0.5, 0.6) is 0 Å². The third-order valence-corrected chi connectivity index (χ3v) is 4.39. The number of hydrogen-bond donors (Lipinski definition) is 1. The Balaban J connectivity index is 3.34. The maximum absolute atomic E-state index is 12.2. The van der Waals surface area contributed by atoms with Crippen LogP contribution in [0.15, 0.2) is 17.2 Å². The van der Waals surface area contributed by atoms with E-state index in [4.69, 9.17) is 11.5 Å². The molecule has 0 aliphatic heterocycles. The first kappa shape index (κ1) is 15.3. The van der Waals surface area contributed by atoms with Gasteiger partial charge in [-0.3, -0.25) is 0 Å². The standard InChI is InChI=1S/C12H16N2O4S/c1-5-6-13(4)19(17,18)10-7-11(12(15)16)14(8-10)9(2)3/h1,7-9H,6H2,2-4H3,(H,15,16). The van der Waals surface area contributed by atoms with E-state index in [0.717, 1.165) is 10.4 Å². The van der Waals surface area contributed by atoms with Crippen LogP contribution in [0.2, 0.25) is 0 Å². The first-order valence-electron chi connectivity index (χ1n) is 5.56. The molecule has 1 N–H and O–H groups in total. The number of carboxylic acids is 1. The van der Waals surface area contributed by atoms with Gasteiger partial charge in [-0.1, -0.05) is 5.92 Å². The number of terminal acetylenes is 1. The Hall–Kier alpha value is -1.78. The van der Waals surface area contributed by atoms with Gasteiger partial charge in [-0.05, 0) is 19.9 Å². The summed E-state index contributed by atoms with van der Waals surface area (Å²) in [4.78, 5) is 11.0. The zero-order valence-corrected chi connectivity index (χ0v) is 11.8. The first-order valence-corrected chi connectivity index (χ1v) is 7.00. The second-order valence-corrected chi connectivity index (χ2v) is 6.38. The van der Waals surface area contributed by atoms with Crippen molar-refractivity contribution < 1.29 is 18.3 Å². The van der Waals surface area contributed by atoms with Crippen molar-refractivity contribution in [2.75, 3.05) is 13.6 Å². The molecule has 1 aromatic heterocycles. The summed E-state index contributed by atoms with van der Waals surface area (Å²) < 4.78 is 26.7. The molecular weight excluding hydrogens is 268 g/mol. The largest absolute Gasteiger partial charge is 0.477 e. The van der Waals surface area contributed by atoms with E-state index in [0.29, 0.717) is 0 Å². The minimum Gasteiger partial charge on any atom is -0.477 e. The molecule has 0 amide bonds. The highest BCUT2D eigenvalue weighted by atomic mass is 32.2. The van der Waals surface area contributed by atoms with Crippen LogP contribution in [-0.4, -0.2) is 42.0 Å². The molecule has 19 heavy (non-hydrogen) atoms. The summed E-state index contributed by atoms with van der Waals surface area (Å²) in [5, 5.41) is 9.07. The number of carboxylic acid groups (broad SMARTS) is 1. The summed E-state index contributed by atoms with van der Waals surface area (Å²) in [6.45, 7) is 3.47. The maximum Gasteiger partial charge on any atom is 0.352 e. The molecule has 6 nitrogen and oxygen atoms in total. The highest BCUT2D eigenvalue weighted by Gasteiger charge is 2.25. The van der Waals surface area contributed by atoms with Crippen LogP contribution >= 0.6 is 0 Å². The molecule has 0 atom stereocenters. The first-order chi connectivity index (χ1) is 8.71. The van der Waals surface area contributed by atoms with Gasteiger partial charge in [0.05, 0.1) is 6.54 Å². The molecular formula is C12H16N2O4S. The Labute approximate surface area is 112 Å². The molecule has 0 unspecified atom stereocenters. The number of aromatic carboxylic acids is 1. The lowest BCUT2D eigenvalue weighted by Gasteiger charge is -2.13. The number of rotatable bonds is 5. The smallest absolute Gasteiger partial charge is 0.352 e. The van der Waals surface area contributed by atoms with Gasteiger partial charge in [0.2, 0.25) is 10.0 Å². The van der Waals surface area contributed by atoms with Gasteiger partial charge in [0.1, 0.15) is 10.6 Å². The molecule has 0 aliphatic rings. The lowest BCUT2D eigenvalue weighted by atomic mass is 10.3. The molecule has 1 aromatic rings. The number of carbonyl (C=O) groups is 1. The molecule has 0 aromatic carbocycles. The van der Waals surface area contributed by atoms with E-state index in [1.54, 1.807) is 13.8 Å². The van der Waals surface area contributed by atoms with Crippen molar-refractivity contribution in [2.24, 2.45) is 0 Å². The lowest BCUT2D eigenvalue weighted by Crippen LogP contribution is -2.26. The quantitative estimate of drug-likeness (QED) is 0.819. The topological polar surface area (TPSA) is 79.6 Å². The minimum absolute atomic E-state index is 0.0670. The normalized spacial score (nSPS) is 11.8. The molecule has 0 saturated carbocycles. The van der Waals surface area contributed by atoms with E-state index in [-0.39, 0.29) is 23.2 Å². The predicted molar refractivity (Wildman–Crippen MR) is 70.4 cm³/mol. The van der Waals surface area contributed by atoms with Gasteiger partial charge in [0, 0.05) is 19.3 Å². The summed E-state index contributed by atoms with van der Waals surface area (Å²) in [5.74, 6) is 1.06. The molecule has 1 heterocycles. The van der Waals surface area contributed by atoms with Crippen molar-refractivity contribution >= 4 is 16.0 Å². The number of sulfonamides is 1. The lowest BCUT2D eigenvalue weighted by molar-refractivity contribution is 0.0683. The molecule has 7 heteroatoms. The Morgan fingerprint density at radius 1 is 1.58 bits per heavy atom.